The zero-order chi connectivity index (χ0) is 27.7. The maximum absolute atomic E-state index is 12.9. The SMILES string of the molecule is CC(C)C(C)NC(=O)OC(C)N1C(=O)Cc2cc(CCN3CCN(c4nsc5ccccc45)CC3)c(Cl)cc21. The average molecular weight is 570 g/mol. The molecule has 2 aliphatic heterocycles. The Labute approximate surface area is 239 Å². The van der Waals surface area contributed by atoms with Gasteiger partial charge in [0, 0.05) is 49.2 Å². The summed E-state index contributed by atoms with van der Waals surface area (Å²) in [6, 6.07) is 12.3. The molecule has 0 spiro atoms. The average Bonchev–Trinajstić information content (AvgIpc) is 3.47. The Bertz CT molecular complexity index is 1350. The monoisotopic (exact) mass is 569 g/mol. The molecule has 8 nitrogen and oxygen atoms in total. The van der Waals surface area contributed by atoms with E-state index in [4.69, 9.17) is 20.7 Å². The van der Waals surface area contributed by atoms with Crippen molar-refractivity contribution in [3.8, 4) is 0 Å². The predicted octanol–water partition coefficient (Wildman–Crippen LogP) is 5.32. The van der Waals surface area contributed by atoms with Crippen molar-refractivity contribution in [1.82, 2.24) is 14.6 Å². The molecule has 2 aliphatic rings. The van der Waals surface area contributed by atoms with Gasteiger partial charge in [-0.25, -0.2) is 4.79 Å². The molecule has 2 unspecified atom stereocenters. The number of fused-ring (bicyclic) bond motifs is 2. The molecule has 1 saturated heterocycles. The topological polar surface area (TPSA) is 78.0 Å². The van der Waals surface area contributed by atoms with Gasteiger partial charge in [-0.15, -0.1) is 0 Å². The van der Waals surface area contributed by atoms with Crippen LogP contribution in [-0.4, -0.2) is 66.3 Å². The highest BCUT2D eigenvalue weighted by atomic mass is 35.5. The number of rotatable bonds is 8. The second kappa shape index (κ2) is 11.7. The highest BCUT2D eigenvalue weighted by molar-refractivity contribution is 7.13. The van der Waals surface area contributed by atoms with Crippen molar-refractivity contribution in [2.24, 2.45) is 5.92 Å². The number of hydrogen-bond donors (Lipinski definition) is 1. The van der Waals surface area contributed by atoms with Gasteiger partial charge in [-0.1, -0.05) is 43.6 Å². The molecule has 0 radical (unpaired) electrons. The lowest BCUT2D eigenvalue weighted by atomic mass is 10.1. The van der Waals surface area contributed by atoms with Crippen molar-refractivity contribution >= 4 is 56.7 Å². The third kappa shape index (κ3) is 6.00. The molecule has 1 aromatic heterocycles. The molecule has 2 atom stereocenters. The van der Waals surface area contributed by atoms with Gasteiger partial charge >= 0.3 is 6.09 Å². The van der Waals surface area contributed by atoms with E-state index in [1.54, 1.807) is 18.5 Å². The lowest BCUT2D eigenvalue weighted by molar-refractivity contribution is -0.119. The Morgan fingerprint density at radius 3 is 2.62 bits per heavy atom. The summed E-state index contributed by atoms with van der Waals surface area (Å²) in [5.41, 5.74) is 2.68. The lowest BCUT2D eigenvalue weighted by Gasteiger charge is -2.35. The number of aromatic nitrogens is 1. The van der Waals surface area contributed by atoms with E-state index in [9.17, 15) is 9.59 Å². The normalized spacial score (nSPS) is 17.5. The van der Waals surface area contributed by atoms with E-state index in [2.05, 4.69) is 39.4 Å². The van der Waals surface area contributed by atoms with Crippen molar-refractivity contribution < 1.29 is 14.3 Å². The maximum atomic E-state index is 12.9. The fraction of sp³-hybridized carbons (Fsp3) is 0.483. The first-order valence-electron chi connectivity index (χ1n) is 13.6. The van der Waals surface area contributed by atoms with Crippen LogP contribution >= 0.6 is 23.1 Å². The van der Waals surface area contributed by atoms with Gasteiger partial charge in [0.2, 0.25) is 5.91 Å². The summed E-state index contributed by atoms with van der Waals surface area (Å²) in [7, 11) is 0. The van der Waals surface area contributed by atoms with Crippen LogP contribution in [0, 0.1) is 5.92 Å². The molecule has 1 fully saturated rings. The van der Waals surface area contributed by atoms with E-state index in [-0.39, 0.29) is 24.3 Å². The summed E-state index contributed by atoms with van der Waals surface area (Å²) < 4.78 is 11.5. The van der Waals surface area contributed by atoms with Crippen LogP contribution in [0.2, 0.25) is 5.02 Å². The Morgan fingerprint density at radius 2 is 1.87 bits per heavy atom. The van der Waals surface area contributed by atoms with Gasteiger partial charge in [-0.3, -0.25) is 14.6 Å². The van der Waals surface area contributed by atoms with Gasteiger partial charge in [0.25, 0.3) is 0 Å². The minimum Gasteiger partial charge on any atom is -0.425 e. The Morgan fingerprint density at radius 1 is 1.13 bits per heavy atom. The van der Waals surface area contributed by atoms with Crippen LogP contribution in [0.3, 0.4) is 0 Å². The van der Waals surface area contributed by atoms with Crippen LogP contribution < -0.4 is 15.1 Å². The summed E-state index contributed by atoms with van der Waals surface area (Å²) in [4.78, 5) is 31.6. The fourth-order valence-corrected chi connectivity index (χ4v) is 6.20. The highest BCUT2D eigenvalue weighted by Crippen LogP contribution is 2.36. The maximum Gasteiger partial charge on any atom is 0.409 e. The number of hydrogen-bond acceptors (Lipinski definition) is 7. The molecular weight excluding hydrogens is 534 g/mol. The van der Waals surface area contributed by atoms with Crippen molar-refractivity contribution in [2.45, 2.75) is 52.8 Å². The van der Waals surface area contributed by atoms with Crippen LogP contribution in [0.5, 0.6) is 0 Å². The minimum absolute atomic E-state index is 0.0292. The summed E-state index contributed by atoms with van der Waals surface area (Å²) >= 11 is 8.27. The van der Waals surface area contributed by atoms with Crippen LogP contribution in [0.4, 0.5) is 16.3 Å². The lowest BCUT2D eigenvalue weighted by Crippen LogP contribution is -2.47. The first-order valence-corrected chi connectivity index (χ1v) is 14.8. The summed E-state index contributed by atoms with van der Waals surface area (Å²) in [5.74, 6) is 1.28. The number of halogens is 1. The van der Waals surface area contributed by atoms with Gasteiger partial charge in [0.1, 0.15) is 5.82 Å². The second-order valence-corrected chi connectivity index (χ2v) is 12.0. The standard InChI is InChI=1S/C29H36ClN5O3S/c1-18(2)19(3)31-29(37)38-20(4)35-25-17-24(30)21(15-22(25)16-27(35)36)9-10-33-11-13-34(14-12-33)28-23-7-5-6-8-26(23)39-32-28/h5-8,15,17-20H,9-14,16H2,1-4H3,(H,31,37). The van der Waals surface area contributed by atoms with E-state index in [1.165, 1.54) is 15.0 Å². The molecule has 2 aromatic carbocycles. The number of benzene rings is 2. The van der Waals surface area contributed by atoms with Gasteiger partial charge < -0.3 is 15.0 Å². The van der Waals surface area contributed by atoms with Crippen LogP contribution in [-0.2, 0) is 22.4 Å². The molecule has 39 heavy (non-hydrogen) atoms. The quantitative estimate of drug-likeness (QED) is 0.396. The molecular formula is C29H36ClN5O3S. The number of ether oxygens (including phenoxy) is 1. The number of nitrogens with one attached hydrogen (secondary N) is 1. The van der Waals surface area contributed by atoms with Crippen LogP contribution in [0.1, 0.15) is 38.8 Å². The molecule has 2 amide bonds. The first kappa shape index (κ1) is 27.7. The number of carbonyl (C=O) groups is 2. The largest absolute Gasteiger partial charge is 0.425 e. The van der Waals surface area contributed by atoms with Crippen molar-refractivity contribution in [1.29, 1.82) is 0 Å². The summed E-state index contributed by atoms with van der Waals surface area (Å²) in [5, 5.41) is 4.69. The second-order valence-electron chi connectivity index (χ2n) is 10.8. The Kier molecular flexibility index (Phi) is 8.30. The fourth-order valence-electron chi connectivity index (χ4n) is 5.15. The summed E-state index contributed by atoms with van der Waals surface area (Å²) in [6.45, 7) is 12.4. The van der Waals surface area contributed by atoms with E-state index in [0.29, 0.717) is 5.02 Å². The first-order chi connectivity index (χ1) is 18.7. The number of carbonyl (C=O) groups excluding carboxylic acids is 2. The molecule has 10 heteroatoms. The molecule has 3 heterocycles. The van der Waals surface area contributed by atoms with Gasteiger partial charge in [-0.05, 0) is 67.0 Å². The number of amides is 2. The minimum atomic E-state index is -0.730. The third-order valence-corrected chi connectivity index (χ3v) is 9.00. The third-order valence-electron chi connectivity index (χ3n) is 7.83. The van der Waals surface area contributed by atoms with Crippen molar-refractivity contribution in [2.75, 3.05) is 42.5 Å². The van der Waals surface area contributed by atoms with Gasteiger partial charge in [0.15, 0.2) is 6.23 Å². The van der Waals surface area contributed by atoms with E-state index in [1.807, 2.05) is 32.9 Å². The Balaban J connectivity index is 1.17. The predicted molar refractivity (Wildman–Crippen MR) is 158 cm³/mol. The molecule has 0 aliphatic carbocycles. The van der Waals surface area contributed by atoms with E-state index in [0.717, 1.165) is 61.8 Å². The molecule has 3 aromatic rings. The zero-order valence-electron chi connectivity index (χ0n) is 22.9. The Hall–Kier alpha value is -2.88. The number of alkyl carbamates (subject to hydrolysis) is 1. The van der Waals surface area contributed by atoms with Gasteiger partial charge in [0.05, 0.1) is 16.8 Å². The molecule has 5 rings (SSSR count). The van der Waals surface area contributed by atoms with Crippen molar-refractivity contribution in [3.05, 3.63) is 52.5 Å². The van der Waals surface area contributed by atoms with Crippen molar-refractivity contribution in [3.63, 3.8) is 0 Å². The summed E-state index contributed by atoms with van der Waals surface area (Å²) in [6.07, 6.45) is -0.180. The zero-order valence-corrected chi connectivity index (χ0v) is 24.5. The van der Waals surface area contributed by atoms with E-state index < -0.39 is 12.3 Å². The molecule has 0 saturated carbocycles. The molecule has 208 valence electrons. The molecule has 1 N–H and O–H groups in total. The smallest absolute Gasteiger partial charge is 0.409 e. The van der Waals surface area contributed by atoms with Gasteiger partial charge in [-0.2, -0.15) is 4.37 Å². The van der Waals surface area contributed by atoms with Crippen LogP contribution in [0.15, 0.2) is 36.4 Å². The number of anilines is 2. The number of nitrogens with zero attached hydrogens (tertiary/aromatic N) is 4. The number of piperazine rings is 1. The molecule has 0 bridgehead atoms. The van der Waals surface area contributed by atoms with Crippen LogP contribution in [0.25, 0.3) is 10.1 Å². The highest BCUT2D eigenvalue weighted by Gasteiger charge is 2.34. The van der Waals surface area contributed by atoms with E-state index >= 15 is 0 Å².